The predicted molar refractivity (Wildman–Crippen MR) is 90.1 cm³/mol. The SMILES string of the molecule is CC(C)(C)CC1CC2(CCN(C(=O)OC(C)(C)C)CC2)NC1=O. The number of nitrogens with zero attached hydrogens (tertiary/aromatic N) is 1. The molecule has 0 bridgehead atoms. The second-order valence-electron chi connectivity index (χ2n) is 9.40. The van der Waals surface area contributed by atoms with Crippen LogP contribution in [-0.4, -0.2) is 41.1 Å². The molecule has 0 aliphatic carbocycles. The summed E-state index contributed by atoms with van der Waals surface area (Å²) in [6.45, 7) is 13.5. The van der Waals surface area contributed by atoms with E-state index in [-0.39, 0.29) is 28.9 Å². The van der Waals surface area contributed by atoms with Gasteiger partial charge in [-0.15, -0.1) is 0 Å². The van der Waals surface area contributed by atoms with Crippen LogP contribution in [0.4, 0.5) is 4.79 Å². The van der Waals surface area contributed by atoms with Gasteiger partial charge in [0.05, 0.1) is 0 Å². The van der Waals surface area contributed by atoms with Crippen molar-refractivity contribution in [1.29, 1.82) is 0 Å². The minimum absolute atomic E-state index is 0.100. The molecule has 132 valence electrons. The molecule has 2 fully saturated rings. The largest absolute Gasteiger partial charge is 0.444 e. The number of piperidine rings is 1. The summed E-state index contributed by atoms with van der Waals surface area (Å²) in [5, 5.41) is 3.23. The third kappa shape index (κ3) is 4.85. The van der Waals surface area contributed by atoms with Gasteiger partial charge in [0.25, 0.3) is 0 Å². The molecule has 0 aromatic rings. The Hall–Kier alpha value is -1.26. The van der Waals surface area contributed by atoms with Crippen LogP contribution in [0, 0.1) is 11.3 Å². The number of carbonyl (C=O) groups is 2. The standard InChI is InChI=1S/C18H32N2O3/c1-16(2,3)11-13-12-18(19-14(13)21)7-9-20(10-8-18)15(22)23-17(4,5)6/h13H,7-12H2,1-6H3,(H,19,21). The van der Waals surface area contributed by atoms with Gasteiger partial charge in [0, 0.05) is 24.5 Å². The van der Waals surface area contributed by atoms with Crippen molar-refractivity contribution in [2.75, 3.05) is 13.1 Å². The molecule has 1 atom stereocenters. The first-order valence-corrected chi connectivity index (χ1v) is 8.69. The smallest absolute Gasteiger partial charge is 0.410 e. The molecule has 2 aliphatic rings. The molecular formula is C18H32N2O3. The van der Waals surface area contributed by atoms with Gasteiger partial charge in [0.2, 0.25) is 5.91 Å². The lowest BCUT2D eigenvalue weighted by molar-refractivity contribution is -0.123. The van der Waals surface area contributed by atoms with Crippen LogP contribution in [0.15, 0.2) is 0 Å². The van der Waals surface area contributed by atoms with E-state index in [1.807, 2.05) is 20.8 Å². The summed E-state index contributed by atoms with van der Waals surface area (Å²) < 4.78 is 5.44. The molecule has 5 nitrogen and oxygen atoms in total. The molecular weight excluding hydrogens is 292 g/mol. The van der Waals surface area contributed by atoms with Crippen LogP contribution in [0.25, 0.3) is 0 Å². The van der Waals surface area contributed by atoms with Crippen molar-refractivity contribution in [3.8, 4) is 0 Å². The molecule has 23 heavy (non-hydrogen) atoms. The van der Waals surface area contributed by atoms with Crippen LogP contribution in [0.2, 0.25) is 0 Å². The first-order chi connectivity index (χ1) is 10.4. The van der Waals surface area contributed by atoms with Crippen molar-refractivity contribution in [1.82, 2.24) is 10.2 Å². The number of likely N-dealkylation sites (tertiary alicyclic amines) is 1. The number of carbonyl (C=O) groups excluding carboxylic acids is 2. The zero-order chi connectivity index (χ0) is 17.5. The van der Waals surface area contributed by atoms with Gasteiger partial charge < -0.3 is 15.0 Å². The second kappa shape index (κ2) is 5.99. The van der Waals surface area contributed by atoms with E-state index in [4.69, 9.17) is 4.74 Å². The Kier molecular flexibility index (Phi) is 4.71. The first-order valence-electron chi connectivity index (χ1n) is 8.69. The molecule has 0 aromatic carbocycles. The summed E-state index contributed by atoms with van der Waals surface area (Å²) in [6.07, 6.45) is 3.20. The molecule has 0 aromatic heterocycles. The number of ether oxygens (including phenoxy) is 1. The molecule has 2 aliphatic heterocycles. The van der Waals surface area contributed by atoms with Crippen LogP contribution in [0.1, 0.15) is 67.2 Å². The van der Waals surface area contributed by atoms with E-state index in [1.54, 1.807) is 4.90 Å². The lowest BCUT2D eigenvalue weighted by Gasteiger charge is -2.39. The van der Waals surface area contributed by atoms with Gasteiger partial charge in [-0.25, -0.2) is 4.79 Å². The monoisotopic (exact) mass is 324 g/mol. The highest BCUT2D eigenvalue weighted by molar-refractivity contribution is 5.82. The van der Waals surface area contributed by atoms with E-state index >= 15 is 0 Å². The van der Waals surface area contributed by atoms with Gasteiger partial charge >= 0.3 is 6.09 Å². The lowest BCUT2D eigenvalue weighted by Crippen LogP contribution is -2.52. The highest BCUT2D eigenvalue weighted by Gasteiger charge is 2.47. The van der Waals surface area contributed by atoms with Gasteiger partial charge in [-0.1, -0.05) is 20.8 Å². The van der Waals surface area contributed by atoms with E-state index in [2.05, 4.69) is 26.1 Å². The van der Waals surface area contributed by atoms with Crippen molar-refractivity contribution >= 4 is 12.0 Å². The Labute approximate surface area is 140 Å². The normalized spacial score (nSPS) is 24.7. The maximum absolute atomic E-state index is 12.3. The van der Waals surface area contributed by atoms with E-state index in [0.717, 1.165) is 25.7 Å². The third-order valence-electron chi connectivity index (χ3n) is 4.63. The maximum atomic E-state index is 12.3. The first kappa shape index (κ1) is 18.1. The van der Waals surface area contributed by atoms with Gasteiger partial charge in [-0.05, 0) is 51.9 Å². The highest BCUT2D eigenvalue weighted by Crippen LogP contribution is 2.39. The van der Waals surface area contributed by atoms with Crippen LogP contribution in [0.5, 0.6) is 0 Å². The second-order valence-corrected chi connectivity index (χ2v) is 9.40. The molecule has 1 spiro atoms. The van der Waals surface area contributed by atoms with Gasteiger partial charge in [0.1, 0.15) is 5.60 Å². The Bertz CT molecular complexity index is 466. The topological polar surface area (TPSA) is 58.6 Å². The Balaban J connectivity index is 1.91. The maximum Gasteiger partial charge on any atom is 0.410 e. The predicted octanol–water partition coefficient (Wildman–Crippen LogP) is 3.33. The molecule has 1 N–H and O–H groups in total. The summed E-state index contributed by atoms with van der Waals surface area (Å²) in [7, 11) is 0. The van der Waals surface area contributed by atoms with Crippen LogP contribution < -0.4 is 5.32 Å². The number of nitrogens with one attached hydrogen (secondary N) is 1. The van der Waals surface area contributed by atoms with Gasteiger partial charge in [0.15, 0.2) is 0 Å². The van der Waals surface area contributed by atoms with Crippen LogP contribution in [-0.2, 0) is 9.53 Å². The average molecular weight is 324 g/mol. The van der Waals surface area contributed by atoms with E-state index in [1.165, 1.54) is 0 Å². The van der Waals surface area contributed by atoms with Crippen molar-refractivity contribution < 1.29 is 14.3 Å². The quantitative estimate of drug-likeness (QED) is 0.805. The third-order valence-corrected chi connectivity index (χ3v) is 4.63. The Morgan fingerprint density at radius 3 is 2.26 bits per heavy atom. The molecule has 2 rings (SSSR count). The Morgan fingerprint density at radius 1 is 1.22 bits per heavy atom. The van der Waals surface area contributed by atoms with Crippen molar-refractivity contribution in [2.45, 2.75) is 78.4 Å². The van der Waals surface area contributed by atoms with E-state index < -0.39 is 5.60 Å². The van der Waals surface area contributed by atoms with Crippen molar-refractivity contribution in [3.63, 3.8) is 0 Å². The summed E-state index contributed by atoms with van der Waals surface area (Å²) in [6, 6.07) is 0. The fourth-order valence-electron chi connectivity index (χ4n) is 3.66. The molecule has 1 unspecified atom stereocenters. The summed E-state index contributed by atoms with van der Waals surface area (Å²) in [5.41, 5.74) is -0.429. The van der Waals surface area contributed by atoms with Crippen LogP contribution >= 0.6 is 0 Å². The fraction of sp³-hybridized carbons (Fsp3) is 0.889. The fourth-order valence-corrected chi connectivity index (χ4v) is 3.66. The number of amides is 2. The van der Waals surface area contributed by atoms with Gasteiger partial charge in [-0.3, -0.25) is 4.79 Å². The summed E-state index contributed by atoms with van der Waals surface area (Å²) in [5.74, 6) is 0.286. The molecule has 2 saturated heterocycles. The highest BCUT2D eigenvalue weighted by atomic mass is 16.6. The minimum atomic E-state index is -0.467. The molecule has 0 radical (unpaired) electrons. The zero-order valence-corrected chi connectivity index (χ0v) is 15.5. The number of hydrogen-bond donors (Lipinski definition) is 1. The van der Waals surface area contributed by atoms with Gasteiger partial charge in [-0.2, -0.15) is 0 Å². The molecule has 0 saturated carbocycles. The summed E-state index contributed by atoms with van der Waals surface area (Å²) >= 11 is 0. The lowest BCUT2D eigenvalue weighted by atomic mass is 9.78. The average Bonchev–Trinajstić information content (AvgIpc) is 2.62. The van der Waals surface area contributed by atoms with Crippen LogP contribution in [0.3, 0.4) is 0 Å². The molecule has 2 amide bonds. The summed E-state index contributed by atoms with van der Waals surface area (Å²) in [4.78, 5) is 26.2. The van der Waals surface area contributed by atoms with Crippen molar-refractivity contribution in [3.05, 3.63) is 0 Å². The van der Waals surface area contributed by atoms with E-state index in [9.17, 15) is 9.59 Å². The number of rotatable bonds is 1. The van der Waals surface area contributed by atoms with E-state index in [0.29, 0.717) is 13.1 Å². The molecule has 2 heterocycles. The minimum Gasteiger partial charge on any atom is -0.444 e. The Morgan fingerprint density at radius 2 is 1.78 bits per heavy atom. The zero-order valence-electron chi connectivity index (χ0n) is 15.5. The number of hydrogen-bond acceptors (Lipinski definition) is 3. The van der Waals surface area contributed by atoms with Crippen molar-refractivity contribution in [2.24, 2.45) is 11.3 Å². The molecule has 5 heteroatoms.